The van der Waals surface area contributed by atoms with E-state index in [4.69, 9.17) is 14.2 Å². The Morgan fingerprint density at radius 1 is 0.862 bits per heavy atom. The maximum Gasteiger partial charge on any atom is 0.311 e. The van der Waals surface area contributed by atoms with Gasteiger partial charge in [0.2, 0.25) is 0 Å². The molecule has 5 nitrogen and oxygen atoms in total. The molecule has 0 radical (unpaired) electrons. The minimum absolute atomic E-state index is 0.357. The topological polar surface area (TPSA) is 65.0 Å². The largest absolute Gasteiger partial charge is 0.493 e. The lowest BCUT2D eigenvalue weighted by Crippen LogP contribution is -2.14. The Hall–Kier alpha value is -3.47. The smallest absolute Gasteiger partial charge is 0.311 e. The van der Waals surface area contributed by atoms with Crippen LogP contribution in [0.4, 0.5) is 0 Å². The minimum atomic E-state index is -0.891. The van der Waals surface area contributed by atoms with E-state index >= 15 is 0 Å². The summed E-state index contributed by atoms with van der Waals surface area (Å²) in [7, 11) is 3.08. The van der Waals surface area contributed by atoms with E-state index in [2.05, 4.69) is 0 Å². The number of rotatable bonds is 8. The van der Waals surface area contributed by atoms with Crippen LogP contribution in [-0.2, 0) is 11.2 Å². The number of benzene rings is 3. The van der Waals surface area contributed by atoms with Crippen LogP contribution in [-0.4, -0.2) is 25.3 Å². The molecule has 150 valence electrons. The Morgan fingerprint density at radius 3 is 2.00 bits per heavy atom. The van der Waals surface area contributed by atoms with Crippen LogP contribution in [0, 0.1) is 6.92 Å². The zero-order valence-corrected chi connectivity index (χ0v) is 16.7. The Morgan fingerprint density at radius 2 is 1.45 bits per heavy atom. The molecule has 0 bridgehead atoms. The average Bonchev–Trinajstić information content (AvgIpc) is 2.74. The number of aliphatic carboxylic acids is 1. The van der Waals surface area contributed by atoms with Crippen LogP contribution < -0.4 is 14.2 Å². The third kappa shape index (κ3) is 5.08. The SMILES string of the molecule is COc1ccc(C(Cc2ccc(Oc3ccc(C)cc3)cc2)C(=O)O)cc1OC. The lowest BCUT2D eigenvalue weighted by Gasteiger charge is -2.16. The van der Waals surface area contributed by atoms with Gasteiger partial charge in [-0.25, -0.2) is 0 Å². The predicted molar refractivity (Wildman–Crippen MR) is 111 cm³/mol. The van der Waals surface area contributed by atoms with Gasteiger partial charge in [-0.2, -0.15) is 0 Å². The summed E-state index contributed by atoms with van der Waals surface area (Å²) in [6.07, 6.45) is 0.357. The molecule has 0 amide bonds. The molecule has 0 fully saturated rings. The average molecular weight is 392 g/mol. The lowest BCUT2D eigenvalue weighted by atomic mass is 9.91. The highest BCUT2D eigenvalue weighted by molar-refractivity contribution is 5.77. The fraction of sp³-hybridized carbons (Fsp3) is 0.208. The van der Waals surface area contributed by atoms with Crippen LogP contribution in [0.3, 0.4) is 0 Å². The quantitative estimate of drug-likeness (QED) is 0.570. The Bertz CT molecular complexity index is 962. The fourth-order valence-corrected chi connectivity index (χ4v) is 3.09. The summed E-state index contributed by atoms with van der Waals surface area (Å²) >= 11 is 0. The van der Waals surface area contributed by atoms with E-state index in [1.165, 1.54) is 12.7 Å². The van der Waals surface area contributed by atoms with Gasteiger partial charge in [-0.15, -0.1) is 0 Å². The van der Waals surface area contributed by atoms with Crippen LogP contribution in [0.2, 0.25) is 0 Å². The lowest BCUT2D eigenvalue weighted by molar-refractivity contribution is -0.138. The van der Waals surface area contributed by atoms with Crippen molar-refractivity contribution in [1.82, 2.24) is 0 Å². The summed E-state index contributed by atoms with van der Waals surface area (Å²) in [6.45, 7) is 2.02. The molecule has 0 heterocycles. The van der Waals surface area contributed by atoms with Crippen LogP contribution in [0.1, 0.15) is 22.6 Å². The zero-order valence-electron chi connectivity index (χ0n) is 16.7. The molecule has 29 heavy (non-hydrogen) atoms. The molecule has 1 N–H and O–H groups in total. The molecule has 0 aromatic heterocycles. The van der Waals surface area contributed by atoms with Crippen molar-refractivity contribution in [2.24, 2.45) is 0 Å². The van der Waals surface area contributed by atoms with Gasteiger partial charge in [0.05, 0.1) is 20.1 Å². The van der Waals surface area contributed by atoms with Crippen molar-refractivity contribution in [3.63, 3.8) is 0 Å². The van der Waals surface area contributed by atoms with Gasteiger partial charge in [0.15, 0.2) is 11.5 Å². The molecule has 3 aromatic rings. The standard InChI is InChI=1S/C24H24O5/c1-16-4-9-19(10-5-16)29-20-11-6-17(7-12-20)14-21(24(25)26)18-8-13-22(27-2)23(15-18)28-3/h4-13,15,21H,14H2,1-3H3,(H,25,26). The normalized spacial score (nSPS) is 11.6. The van der Waals surface area contributed by atoms with Gasteiger partial charge in [0, 0.05) is 0 Å². The van der Waals surface area contributed by atoms with E-state index in [9.17, 15) is 9.90 Å². The monoisotopic (exact) mass is 392 g/mol. The van der Waals surface area contributed by atoms with E-state index in [-0.39, 0.29) is 0 Å². The number of carboxylic acids is 1. The summed E-state index contributed by atoms with van der Waals surface area (Å²) in [5.41, 5.74) is 2.74. The van der Waals surface area contributed by atoms with Gasteiger partial charge < -0.3 is 19.3 Å². The number of hydrogen-bond acceptors (Lipinski definition) is 4. The second-order valence-electron chi connectivity index (χ2n) is 6.77. The first-order chi connectivity index (χ1) is 14.0. The van der Waals surface area contributed by atoms with E-state index in [1.54, 1.807) is 25.3 Å². The molecule has 3 aromatic carbocycles. The third-order valence-corrected chi connectivity index (χ3v) is 4.73. The number of ether oxygens (including phenoxy) is 3. The van der Waals surface area contributed by atoms with Gasteiger partial charge in [-0.3, -0.25) is 4.79 Å². The van der Waals surface area contributed by atoms with Crippen molar-refractivity contribution < 1.29 is 24.1 Å². The zero-order chi connectivity index (χ0) is 20.8. The molecular weight excluding hydrogens is 368 g/mol. The molecular formula is C24H24O5. The van der Waals surface area contributed by atoms with Crippen molar-refractivity contribution in [1.29, 1.82) is 0 Å². The Labute approximate surface area is 170 Å². The highest BCUT2D eigenvalue weighted by Crippen LogP contribution is 2.32. The summed E-state index contributed by atoms with van der Waals surface area (Å²) in [6, 6.07) is 20.5. The number of carboxylic acid groups (broad SMARTS) is 1. The van der Waals surface area contributed by atoms with Gasteiger partial charge in [-0.1, -0.05) is 35.9 Å². The summed E-state index contributed by atoms with van der Waals surface area (Å²) in [5.74, 6) is 0.958. The maximum atomic E-state index is 11.9. The number of methoxy groups -OCH3 is 2. The van der Waals surface area contributed by atoms with Crippen molar-refractivity contribution >= 4 is 5.97 Å². The summed E-state index contributed by atoms with van der Waals surface area (Å²) < 4.78 is 16.4. The van der Waals surface area contributed by atoms with Crippen molar-refractivity contribution in [2.45, 2.75) is 19.3 Å². The van der Waals surface area contributed by atoms with Crippen LogP contribution >= 0.6 is 0 Å². The number of hydrogen-bond donors (Lipinski definition) is 1. The van der Waals surface area contributed by atoms with Crippen LogP contribution in [0.5, 0.6) is 23.0 Å². The van der Waals surface area contributed by atoms with Crippen molar-refractivity contribution in [3.8, 4) is 23.0 Å². The maximum absolute atomic E-state index is 11.9. The Kier molecular flexibility index (Phi) is 6.39. The van der Waals surface area contributed by atoms with Crippen molar-refractivity contribution in [2.75, 3.05) is 14.2 Å². The van der Waals surface area contributed by atoms with E-state index in [1.807, 2.05) is 55.5 Å². The minimum Gasteiger partial charge on any atom is -0.493 e. The molecule has 0 aliphatic heterocycles. The second-order valence-corrected chi connectivity index (χ2v) is 6.77. The van der Waals surface area contributed by atoms with Gasteiger partial charge >= 0.3 is 5.97 Å². The molecule has 0 aliphatic rings. The molecule has 0 spiro atoms. The molecule has 5 heteroatoms. The predicted octanol–water partition coefficient (Wildman–Crippen LogP) is 5.22. The van der Waals surface area contributed by atoms with Gasteiger partial charge in [0.25, 0.3) is 0 Å². The van der Waals surface area contributed by atoms with E-state index < -0.39 is 11.9 Å². The second kappa shape index (κ2) is 9.15. The van der Waals surface area contributed by atoms with Gasteiger partial charge in [-0.05, 0) is 60.9 Å². The van der Waals surface area contributed by atoms with Crippen LogP contribution in [0.15, 0.2) is 66.7 Å². The van der Waals surface area contributed by atoms with E-state index in [0.29, 0.717) is 29.2 Å². The molecule has 0 saturated heterocycles. The first-order valence-electron chi connectivity index (χ1n) is 9.28. The third-order valence-electron chi connectivity index (χ3n) is 4.73. The van der Waals surface area contributed by atoms with E-state index in [0.717, 1.165) is 11.3 Å². The van der Waals surface area contributed by atoms with Crippen molar-refractivity contribution in [3.05, 3.63) is 83.4 Å². The first kappa shape index (κ1) is 20.3. The fourth-order valence-electron chi connectivity index (χ4n) is 3.09. The highest BCUT2D eigenvalue weighted by Gasteiger charge is 2.22. The number of aryl methyl sites for hydroxylation is 1. The molecule has 1 unspecified atom stereocenters. The molecule has 0 saturated carbocycles. The first-order valence-corrected chi connectivity index (χ1v) is 9.28. The highest BCUT2D eigenvalue weighted by atomic mass is 16.5. The van der Waals surface area contributed by atoms with Gasteiger partial charge in [0.1, 0.15) is 11.5 Å². The van der Waals surface area contributed by atoms with Crippen LogP contribution in [0.25, 0.3) is 0 Å². The molecule has 0 aliphatic carbocycles. The number of carbonyl (C=O) groups is 1. The molecule has 1 atom stereocenters. The summed E-state index contributed by atoms with van der Waals surface area (Å²) in [4.78, 5) is 11.9. The molecule has 3 rings (SSSR count). The Balaban J connectivity index is 1.75. The summed E-state index contributed by atoms with van der Waals surface area (Å²) in [5, 5.41) is 9.75.